The molecule has 2 saturated heterocycles. The Morgan fingerprint density at radius 1 is 1.04 bits per heavy atom. The second-order valence-electron chi connectivity index (χ2n) is 6.51. The highest BCUT2D eigenvalue weighted by atomic mass is 16.6. The van der Waals surface area contributed by atoms with Crippen LogP contribution in [-0.4, -0.2) is 43.1 Å². The van der Waals surface area contributed by atoms with E-state index in [1.165, 1.54) is 0 Å². The van der Waals surface area contributed by atoms with Crippen molar-refractivity contribution in [3.8, 4) is 11.5 Å². The van der Waals surface area contributed by atoms with Crippen LogP contribution in [0.4, 0.5) is 0 Å². The molecule has 2 atom stereocenters. The summed E-state index contributed by atoms with van der Waals surface area (Å²) in [6.07, 6.45) is 2.83. The number of carbonyl (C=O) groups is 2. The smallest absolute Gasteiger partial charge is 0.307 e. The molecule has 128 valence electrons. The molecule has 2 fully saturated rings. The highest BCUT2D eigenvalue weighted by molar-refractivity contribution is 5.87. The van der Waals surface area contributed by atoms with E-state index >= 15 is 0 Å². The van der Waals surface area contributed by atoms with E-state index in [4.69, 9.17) is 14.2 Å². The summed E-state index contributed by atoms with van der Waals surface area (Å²) < 4.78 is 16.6. The molecular weight excluding hydrogens is 310 g/mol. The number of benzene rings is 1. The van der Waals surface area contributed by atoms with Gasteiger partial charge in [0.2, 0.25) is 5.91 Å². The summed E-state index contributed by atoms with van der Waals surface area (Å²) >= 11 is 0. The Labute approximate surface area is 140 Å². The molecular formula is C18H21NO5. The molecule has 4 rings (SSSR count). The van der Waals surface area contributed by atoms with Gasteiger partial charge in [-0.15, -0.1) is 0 Å². The van der Waals surface area contributed by atoms with Crippen LogP contribution < -0.4 is 9.47 Å². The van der Waals surface area contributed by atoms with Gasteiger partial charge in [-0.3, -0.25) is 9.59 Å². The third-order valence-corrected chi connectivity index (χ3v) is 4.89. The van der Waals surface area contributed by atoms with Gasteiger partial charge in [0.05, 0.1) is 12.3 Å². The van der Waals surface area contributed by atoms with Crippen molar-refractivity contribution in [3.63, 3.8) is 0 Å². The van der Waals surface area contributed by atoms with E-state index in [1.54, 1.807) is 0 Å². The number of ether oxygens (including phenoxy) is 3. The first-order chi connectivity index (χ1) is 11.7. The zero-order valence-electron chi connectivity index (χ0n) is 13.5. The molecule has 1 aromatic carbocycles. The van der Waals surface area contributed by atoms with Gasteiger partial charge in [0, 0.05) is 13.1 Å². The van der Waals surface area contributed by atoms with E-state index in [1.807, 2.05) is 23.1 Å². The summed E-state index contributed by atoms with van der Waals surface area (Å²) in [7, 11) is 0. The highest BCUT2D eigenvalue weighted by Gasteiger charge is 2.43. The van der Waals surface area contributed by atoms with E-state index < -0.39 is 12.0 Å². The van der Waals surface area contributed by atoms with Gasteiger partial charge in [-0.2, -0.15) is 0 Å². The maximum absolute atomic E-state index is 12.9. The predicted molar refractivity (Wildman–Crippen MR) is 84.8 cm³/mol. The number of rotatable bonds is 2. The molecule has 3 heterocycles. The summed E-state index contributed by atoms with van der Waals surface area (Å²) in [5.74, 6) is 0.600. The molecule has 3 aliphatic heterocycles. The van der Waals surface area contributed by atoms with Crippen LogP contribution in [0, 0.1) is 5.92 Å². The van der Waals surface area contributed by atoms with E-state index in [-0.39, 0.29) is 18.3 Å². The van der Waals surface area contributed by atoms with Crippen LogP contribution in [0.5, 0.6) is 11.5 Å². The van der Waals surface area contributed by atoms with Crippen molar-refractivity contribution in [2.45, 2.75) is 31.8 Å². The summed E-state index contributed by atoms with van der Waals surface area (Å²) in [6, 6.07) is 5.50. The fourth-order valence-corrected chi connectivity index (χ4v) is 3.66. The minimum atomic E-state index is -0.539. The summed E-state index contributed by atoms with van der Waals surface area (Å²) in [5, 5.41) is 0. The molecule has 3 aliphatic rings. The van der Waals surface area contributed by atoms with Crippen molar-refractivity contribution < 1.29 is 23.8 Å². The number of nitrogens with zero attached hydrogens (tertiary/aromatic N) is 1. The molecule has 1 aromatic rings. The molecule has 0 spiro atoms. The van der Waals surface area contributed by atoms with Crippen molar-refractivity contribution >= 4 is 11.9 Å². The van der Waals surface area contributed by atoms with Gasteiger partial charge in [-0.25, -0.2) is 0 Å². The number of amides is 1. The maximum atomic E-state index is 12.9. The van der Waals surface area contributed by atoms with Gasteiger partial charge in [-0.05, 0) is 37.0 Å². The molecule has 6 nitrogen and oxygen atoms in total. The third-order valence-electron chi connectivity index (χ3n) is 4.89. The molecule has 0 aromatic heterocycles. The van der Waals surface area contributed by atoms with Gasteiger partial charge in [-0.1, -0.05) is 6.07 Å². The Morgan fingerprint density at radius 3 is 2.58 bits per heavy atom. The third kappa shape index (κ3) is 2.81. The monoisotopic (exact) mass is 331 g/mol. The SMILES string of the molecule is O=C1CC(C(=O)N2CCCCC2)C(c2ccc3c(c2)OCCO3)O1. The number of likely N-dealkylation sites (tertiary alicyclic amines) is 1. The number of hydrogen-bond acceptors (Lipinski definition) is 5. The number of cyclic esters (lactones) is 1. The average Bonchev–Trinajstić information content (AvgIpc) is 3.03. The van der Waals surface area contributed by atoms with Gasteiger partial charge < -0.3 is 19.1 Å². The Kier molecular flexibility index (Phi) is 4.04. The Bertz CT molecular complexity index is 653. The molecule has 2 unspecified atom stereocenters. The number of esters is 1. The molecule has 0 bridgehead atoms. The average molecular weight is 331 g/mol. The lowest BCUT2D eigenvalue weighted by atomic mass is 9.92. The van der Waals surface area contributed by atoms with Crippen LogP contribution in [0.1, 0.15) is 37.4 Å². The number of carbonyl (C=O) groups excluding carboxylic acids is 2. The summed E-state index contributed by atoms with van der Waals surface area (Å²) in [5.41, 5.74) is 0.792. The zero-order chi connectivity index (χ0) is 16.5. The molecule has 0 N–H and O–H groups in total. The van der Waals surface area contributed by atoms with E-state index in [0.29, 0.717) is 24.7 Å². The fourth-order valence-electron chi connectivity index (χ4n) is 3.66. The van der Waals surface area contributed by atoms with E-state index in [9.17, 15) is 9.59 Å². The summed E-state index contributed by atoms with van der Waals surface area (Å²) in [4.78, 5) is 26.6. The standard InChI is InChI=1S/C18H21NO5/c20-16-11-13(18(21)19-6-2-1-3-7-19)17(24-16)12-4-5-14-15(10-12)23-9-8-22-14/h4-5,10,13,17H,1-3,6-9,11H2. The van der Waals surface area contributed by atoms with Crippen molar-refractivity contribution in [2.75, 3.05) is 26.3 Å². The van der Waals surface area contributed by atoms with Gasteiger partial charge in [0.25, 0.3) is 0 Å². The van der Waals surface area contributed by atoms with Crippen LogP contribution in [-0.2, 0) is 14.3 Å². The molecule has 0 aliphatic carbocycles. The minimum absolute atomic E-state index is 0.0282. The zero-order valence-corrected chi connectivity index (χ0v) is 13.5. The lowest BCUT2D eigenvalue weighted by Crippen LogP contribution is -2.40. The number of hydrogen-bond donors (Lipinski definition) is 0. The molecule has 0 radical (unpaired) electrons. The highest BCUT2D eigenvalue weighted by Crippen LogP contribution is 2.40. The van der Waals surface area contributed by atoms with Crippen molar-refractivity contribution in [1.82, 2.24) is 4.90 Å². The lowest BCUT2D eigenvalue weighted by molar-refractivity contribution is -0.142. The quantitative estimate of drug-likeness (QED) is 0.776. The van der Waals surface area contributed by atoms with Crippen LogP contribution in [0.3, 0.4) is 0 Å². The second-order valence-corrected chi connectivity index (χ2v) is 6.51. The van der Waals surface area contributed by atoms with Crippen LogP contribution >= 0.6 is 0 Å². The maximum Gasteiger partial charge on any atom is 0.307 e. The van der Waals surface area contributed by atoms with Gasteiger partial charge >= 0.3 is 5.97 Å². The first-order valence-electron chi connectivity index (χ1n) is 8.60. The van der Waals surface area contributed by atoms with Crippen molar-refractivity contribution in [1.29, 1.82) is 0 Å². The minimum Gasteiger partial charge on any atom is -0.486 e. The fraction of sp³-hybridized carbons (Fsp3) is 0.556. The lowest BCUT2D eigenvalue weighted by Gasteiger charge is -2.30. The molecule has 6 heteroatoms. The van der Waals surface area contributed by atoms with Gasteiger partial charge in [0.15, 0.2) is 11.5 Å². The number of piperidine rings is 1. The largest absolute Gasteiger partial charge is 0.486 e. The predicted octanol–water partition coefficient (Wildman–Crippen LogP) is 2.07. The Hall–Kier alpha value is -2.24. The van der Waals surface area contributed by atoms with Gasteiger partial charge in [0.1, 0.15) is 19.3 Å². The Balaban J connectivity index is 1.58. The second kappa shape index (κ2) is 6.34. The van der Waals surface area contributed by atoms with Crippen molar-refractivity contribution in [2.24, 2.45) is 5.92 Å². The van der Waals surface area contributed by atoms with E-state index in [2.05, 4.69) is 0 Å². The van der Waals surface area contributed by atoms with Crippen LogP contribution in [0.2, 0.25) is 0 Å². The molecule has 0 saturated carbocycles. The first kappa shape index (κ1) is 15.3. The topological polar surface area (TPSA) is 65.1 Å². The van der Waals surface area contributed by atoms with Crippen molar-refractivity contribution in [3.05, 3.63) is 23.8 Å². The van der Waals surface area contributed by atoms with E-state index in [0.717, 1.165) is 37.9 Å². The normalized spacial score (nSPS) is 26.2. The number of fused-ring (bicyclic) bond motifs is 1. The molecule has 1 amide bonds. The summed E-state index contributed by atoms with van der Waals surface area (Å²) in [6.45, 7) is 2.58. The Morgan fingerprint density at radius 2 is 1.79 bits per heavy atom. The molecule has 24 heavy (non-hydrogen) atoms. The van der Waals surface area contributed by atoms with Crippen LogP contribution in [0.15, 0.2) is 18.2 Å². The van der Waals surface area contributed by atoms with Crippen LogP contribution in [0.25, 0.3) is 0 Å². The first-order valence-corrected chi connectivity index (χ1v) is 8.60.